The lowest BCUT2D eigenvalue weighted by Crippen LogP contribution is -2.74. The minimum atomic E-state index is -3.09. The second-order valence-corrected chi connectivity index (χ2v) is 7.24. The predicted molar refractivity (Wildman–Crippen MR) is 91.5 cm³/mol. The molecule has 2 saturated heterocycles. The average molecular weight is 445 g/mol. The third kappa shape index (κ3) is 3.66. The van der Waals surface area contributed by atoms with E-state index in [1.54, 1.807) is 0 Å². The van der Waals surface area contributed by atoms with Crippen LogP contribution in [0.1, 0.15) is 6.42 Å². The number of aliphatic hydroxyl groups excluding tert-OH is 8. The molecular formula is C17H23N3O11. The van der Waals surface area contributed by atoms with Crippen molar-refractivity contribution in [1.82, 2.24) is 0 Å². The molecule has 2 aliphatic rings. The monoisotopic (exact) mass is 445 g/mol. The SMILES string of the molecule is N#CCC(C#N)(C#N)[C@@]1(OC2(CO)O[C@H](CO)[C@@H](O)[C@@H]2O)O[C@H](CO)[C@@H](O)[C@H](O)[C@H]1O. The van der Waals surface area contributed by atoms with Crippen LogP contribution in [0.2, 0.25) is 0 Å². The summed E-state index contributed by atoms with van der Waals surface area (Å²) in [4.78, 5) is 0. The van der Waals surface area contributed by atoms with Gasteiger partial charge in [-0.1, -0.05) is 0 Å². The zero-order valence-corrected chi connectivity index (χ0v) is 16.0. The molecule has 172 valence electrons. The quantitative estimate of drug-likeness (QED) is 0.182. The number of hydrogen-bond donors (Lipinski definition) is 8. The number of hydrogen-bond acceptors (Lipinski definition) is 14. The lowest BCUT2D eigenvalue weighted by atomic mass is 9.72. The summed E-state index contributed by atoms with van der Waals surface area (Å²) in [6.45, 7) is -3.14. The molecule has 1 unspecified atom stereocenters. The van der Waals surface area contributed by atoms with Gasteiger partial charge in [0.25, 0.3) is 0 Å². The van der Waals surface area contributed by atoms with Gasteiger partial charge in [0.2, 0.25) is 17.0 Å². The molecular weight excluding hydrogens is 422 g/mol. The van der Waals surface area contributed by atoms with Crippen LogP contribution in [0.5, 0.6) is 0 Å². The summed E-state index contributed by atoms with van der Waals surface area (Å²) in [6.07, 6.45) is -14.8. The molecule has 0 saturated carbocycles. The number of aliphatic hydroxyl groups is 8. The number of rotatable bonds is 7. The molecule has 2 heterocycles. The Morgan fingerprint density at radius 1 is 0.806 bits per heavy atom. The highest BCUT2D eigenvalue weighted by atomic mass is 16.8. The van der Waals surface area contributed by atoms with Crippen LogP contribution >= 0.6 is 0 Å². The maximum atomic E-state index is 10.8. The molecule has 2 aliphatic heterocycles. The van der Waals surface area contributed by atoms with Crippen LogP contribution in [0.4, 0.5) is 0 Å². The van der Waals surface area contributed by atoms with Gasteiger partial charge in [0, 0.05) is 0 Å². The maximum Gasteiger partial charge on any atom is 0.234 e. The van der Waals surface area contributed by atoms with Crippen LogP contribution in [0, 0.1) is 39.4 Å². The molecule has 31 heavy (non-hydrogen) atoms. The fraction of sp³-hybridized carbons (Fsp3) is 0.824. The normalized spacial score (nSPS) is 43.1. The van der Waals surface area contributed by atoms with Gasteiger partial charge in [0.15, 0.2) is 0 Å². The van der Waals surface area contributed by atoms with Gasteiger partial charge in [0.1, 0.15) is 49.3 Å². The van der Waals surface area contributed by atoms with E-state index in [1.807, 2.05) is 0 Å². The van der Waals surface area contributed by atoms with E-state index in [0.29, 0.717) is 0 Å². The van der Waals surface area contributed by atoms with Gasteiger partial charge in [0.05, 0.1) is 37.8 Å². The summed E-state index contributed by atoms with van der Waals surface area (Å²) in [5.41, 5.74) is -2.76. The van der Waals surface area contributed by atoms with Crippen LogP contribution in [0.3, 0.4) is 0 Å². The van der Waals surface area contributed by atoms with Crippen molar-refractivity contribution >= 4 is 0 Å². The second-order valence-electron chi connectivity index (χ2n) is 7.24. The molecule has 0 bridgehead atoms. The minimum absolute atomic E-state index is 0.861. The van der Waals surface area contributed by atoms with Crippen molar-refractivity contribution in [2.75, 3.05) is 19.8 Å². The zero-order valence-electron chi connectivity index (χ0n) is 16.0. The Balaban J connectivity index is 2.73. The molecule has 2 fully saturated rings. The lowest BCUT2D eigenvalue weighted by Gasteiger charge is -2.54. The van der Waals surface area contributed by atoms with E-state index >= 15 is 0 Å². The number of nitriles is 3. The van der Waals surface area contributed by atoms with Gasteiger partial charge in [-0.05, 0) is 0 Å². The molecule has 2 rings (SSSR count). The van der Waals surface area contributed by atoms with Crippen molar-refractivity contribution in [3.8, 4) is 18.2 Å². The molecule has 0 spiro atoms. The van der Waals surface area contributed by atoms with Crippen molar-refractivity contribution in [2.24, 2.45) is 5.41 Å². The highest BCUT2D eigenvalue weighted by Crippen LogP contribution is 2.50. The summed E-state index contributed by atoms with van der Waals surface area (Å²) >= 11 is 0. The van der Waals surface area contributed by atoms with Crippen molar-refractivity contribution < 1.29 is 55.1 Å². The van der Waals surface area contributed by atoms with Gasteiger partial charge >= 0.3 is 0 Å². The molecule has 14 nitrogen and oxygen atoms in total. The number of ether oxygens (including phenoxy) is 3. The van der Waals surface area contributed by atoms with Crippen LogP contribution < -0.4 is 0 Å². The fourth-order valence-corrected chi connectivity index (χ4v) is 3.68. The Kier molecular flexibility index (Phi) is 7.55. The summed E-state index contributed by atoms with van der Waals surface area (Å²) in [6, 6.07) is 4.44. The maximum absolute atomic E-state index is 10.8. The summed E-state index contributed by atoms with van der Waals surface area (Å²) < 4.78 is 16.1. The predicted octanol–water partition coefficient (Wildman–Crippen LogP) is -5.08. The largest absolute Gasteiger partial charge is 0.394 e. The third-order valence-electron chi connectivity index (χ3n) is 5.50. The van der Waals surface area contributed by atoms with E-state index in [2.05, 4.69) is 0 Å². The highest BCUT2D eigenvalue weighted by Gasteiger charge is 2.71. The van der Waals surface area contributed by atoms with Gasteiger partial charge in [-0.2, -0.15) is 15.8 Å². The van der Waals surface area contributed by atoms with Gasteiger partial charge in [-0.3, -0.25) is 0 Å². The van der Waals surface area contributed by atoms with Gasteiger partial charge in [-0.25, -0.2) is 0 Å². The third-order valence-corrected chi connectivity index (χ3v) is 5.50. The first kappa shape index (κ1) is 25.3. The minimum Gasteiger partial charge on any atom is -0.394 e. The average Bonchev–Trinajstić information content (AvgIpc) is 3.02. The molecule has 0 aromatic carbocycles. The van der Waals surface area contributed by atoms with Crippen LogP contribution in [-0.4, -0.2) is 115 Å². The van der Waals surface area contributed by atoms with Crippen LogP contribution in [-0.2, 0) is 14.2 Å². The van der Waals surface area contributed by atoms with Crippen LogP contribution in [0.25, 0.3) is 0 Å². The zero-order chi connectivity index (χ0) is 23.6. The Hall–Kier alpha value is -1.97. The van der Waals surface area contributed by atoms with E-state index in [0.717, 1.165) is 0 Å². The lowest BCUT2D eigenvalue weighted by molar-refractivity contribution is -0.451. The Morgan fingerprint density at radius 2 is 1.35 bits per heavy atom. The molecule has 0 aromatic rings. The first-order valence-corrected chi connectivity index (χ1v) is 9.07. The van der Waals surface area contributed by atoms with Crippen molar-refractivity contribution in [2.45, 2.75) is 60.7 Å². The van der Waals surface area contributed by atoms with Gasteiger partial charge < -0.3 is 55.1 Å². The molecule has 8 N–H and O–H groups in total. The van der Waals surface area contributed by atoms with E-state index in [-0.39, 0.29) is 0 Å². The molecule has 0 aliphatic carbocycles. The first-order chi connectivity index (χ1) is 14.6. The Bertz CT molecular complexity index is 763. The smallest absolute Gasteiger partial charge is 0.234 e. The fourth-order valence-electron chi connectivity index (χ4n) is 3.68. The Labute approximate surface area is 175 Å². The second kappa shape index (κ2) is 9.26. The standard InChI is InChI=1S/C17H23N3O11/c18-2-1-15(5-19,6-20)17(14(28)12(26)10(24)8(3-21)30-17)31-16(7-23)13(27)11(25)9(4-22)29-16/h8-14,21-28H,1,3-4,7H2/t8-,9-,10-,11-,12+,13+,14-,16?,17-/m1/s1. The first-order valence-electron chi connectivity index (χ1n) is 9.07. The molecule has 0 radical (unpaired) electrons. The Morgan fingerprint density at radius 3 is 1.77 bits per heavy atom. The molecule has 9 atom stereocenters. The van der Waals surface area contributed by atoms with Crippen molar-refractivity contribution in [3.63, 3.8) is 0 Å². The van der Waals surface area contributed by atoms with E-state index < -0.39 is 86.0 Å². The van der Waals surface area contributed by atoms with Crippen molar-refractivity contribution in [1.29, 1.82) is 15.8 Å². The van der Waals surface area contributed by atoms with Gasteiger partial charge in [-0.15, -0.1) is 0 Å². The van der Waals surface area contributed by atoms with E-state index in [1.165, 1.54) is 18.2 Å². The topological polar surface area (TPSA) is 261 Å². The summed E-state index contributed by atoms with van der Waals surface area (Å²) in [5.74, 6) is -5.81. The van der Waals surface area contributed by atoms with Crippen molar-refractivity contribution in [3.05, 3.63) is 0 Å². The van der Waals surface area contributed by atoms with E-state index in [9.17, 15) is 56.6 Å². The van der Waals surface area contributed by atoms with Crippen LogP contribution in [0.15, 0.2) is 0 Å². The highest BCUT2D eigenvalue weighted by molar-refractivity contribution is 5.27. The van der Waals surface area contributed by atoms with E-state index in [4.69, 9.17) is 14.2 Å². The number of nitrogens with zero attached hydrogens (tertiary/aromatic N) is 3. The summed E-state index contributed by atoms with van der Waals surface area (Å²) in [5, 5.41) is 109. The summed E-state index contributed by atoms with van der Waals surface area (Å²) in [7, 11) is 0. The molecule has 0 amide bonds. The molecule has 14 heteroatoms. The molecule has 0 aromatic heterocycles.